The van der Waals surface area contributed by atoms with Gasteiger partial charge in [0.25, 0.3) is 0 Å². The minimum atomic E-state index is 0.929. The predicted octanol–water partition coefficient (Wildman–Crippen LogP) is 14.5. The first-order valence-electron chi connectivity index (χ1n) is 17.9. The van der Waals surface area contributed by atoms with Crippen molar-refractivity contribution in [2.75, 3.05) is 11.2 Å². The summed E-state index contributed by atoms with van der Waals surface area (Å²) >= 11 is 1.80. The largest absolute Gasteiger partial charge is 0.313 e. The van der Waals surface area contributed by atoms with Crippen LogP contribution in [-0.4, -0.2) is 6.26 Å². The summed E-state index contributed by atoms with van der Waals surface area (Å²) in [6.07, 6.45) is 8.73. The number of anilines is 2. The van der Waals surface area contributed by atoms with E-state index in [-0.39, 0.29) is 0 Å². The van der Waals surface area contributed by atoms with Crippen LogP contribution in [0.2, 0.25) is 0 Å². The zero-order valence-corrected chi connectivity index (χ0v) is 30.4. The lowest BCUT2D eigenvalue weighted by molar-refractivity contribution is 0.931. The van der Waals surface area contributed by atoms with Gasteiger partial charge in [-0.3, -0.25) is 0 Å². The van der Waals surface area contributed by atoms with Crippen molar-refractivity contribution in [3.8, 4) is 33.4 Å². The zero-order valence-electron chi connectivity index (χ0n) is 29.6. The number of fused-ring (bicyclic) bond motifs is 1. The van der Waals surface area contributed by atoms with Crippen molar-refractivity contribution < 1.29 is 0 Å². The highest BCUT2D eigenvalue weighted by Gasteiger charge is 2.24. The molecule has 0 saturated heterocycles. The highest BCUT2D eigenvalue weighted by Crippen LogP contribution is 2.46. The summed E-state index contributed by atoms with van der Waals surface area (Å²) in [7, 11) is 0. The number of hydrogen-bond acceptors (Lipinski definition) is 2. The normalized spacial score (nSPS) is 12.4. The van der Waals surface area contributed by atoms with Crippen LogP contribution in [0.3, 0.4) is 0 Å². The minimum Gasteiger partial charge on any atom is -0.313 e. The highest BCUT2D eigenvalue weighted by molar-refractivity contribution is 7.98. The fourth-order valence-corrected chi connectivity index (χ4v) is 7.67. The Morgan fingerprint density at radius 1 is 0.431 bits per heavy atom. The van der Waals surface area contributed by atoms with Gasteiger partial charge in [-0.1, -0.05) is 159 Å². The molecule has 8 rings (SSSR count). The van der Waals surface area contributed by atoms with E-state index in [0.29, 0.717) is 0 Å². The molecule has 7 aromatic carbocycles. The predicted molar refractivity (Wildman–Crippen MR) is 224 cm³/mol. The molecule has 0 spiro atoms. The average molecular weight is 678 g/mol. The van der Waals surface area contributed by atoms with Gasteiger partial charge in [-0.15, -0.1) is 11.8 Å². The molecule has 0 bridgehead atoms. The molecule has 250 valence electrons. The second kappa shape index (κ2) is 16.0. The van der Waals surface area contributed by atoms with E-state index in [1.807, 2.05) is 13.8 Å². The summed E-state index contributed by atoms with van der Waals surface area (Å²) in [5.74, 6) is 0. The van der Waals surface area contributed by atoms with E-state index in [2.05, 4.69) is 193 Å². The highest BCUT2D eigenvalue weighted by atomic mass is 32.2. The zero-order chi connectivity index (χ0) is 35.0. The van der Waals surface area contributed by atoms with Gasteiger partial charge < -0.3 is 4.90 Å². The third-order valence-electron chi connectivity index (χ3n) is 9.50. The van der Waals surface area contributed by atoms with Gasteiger partial charge in [-0.05, 0) is 99.7 Å². The third kappa shape index (κ3) is 7.20. The molecule has 0 aromatic heterocycles. The molecule has 2 heteroatoms. The molecular formula is C49H43NS. The van der Waals surface area contributed by atoms with E-state index >= 15 is 0 Å². The number of nitrogens with zero attached hydrogens (tertiary/aromatic N) is 1. The second-order valence-corrected chi connectivity index (χ2v) is 13.3. The minimum absolute atomic E-state index is 0.929. The SMILES string of the molecule is CC.CSc1ccccc1-c1ccc(N(C2=CC=C(c3ccccc3)CC2)c2ccccc2-c2ccccc2)c(-c2ccc3ccccc3c2)c1. The third-order valence-corrected chi connectivity index (χ3v) is 10.3. The Labute approximate surface area is 307 Å². The van der Waals surface area contributed by atoms with Gasteiger partial charge in [-0.2, -0.15) is 0 Å². The molecule has 1 aliphatic carbocycles. The van der Waals surface area contributed by atoms with Crippen LogP contribution in [0.15, 0.2) is 193 Å². The summed E-state index contributed by atoms with van der Waals surface area (Å²) < 4.78 is 0. The van der Waals surface area contributed by atoms with Gasteiger partial charge in [0.1, 0.15) is 0 Å². The van der Waals surface area contributed by atoms with Crippen molar-refractivity contribution in [3.63, 3.8) is 0 Å². The van der Waals surface area contributed by atoms with Gasteiger partial charge in [0.05, 0.1) is 11.4 Å². The van der Waals surface area contributed by atoms with Crippen LogP contribution in [0.1, 0.15) is 32.3 Å². The first kappa shape index (κ1) is 33.9. The van der Waals surface area contributed by atoms with Gasteiger partial charge in [0.15, 0.2) is 0 Å². The second-order valence-electron chi connectivity index (χ2n) is 12.4. The lowest BCUT2D eigenvalue weighted by atomic mass is 9.92. The smallest absolute Gasteiger partial charge is 0.0537 e. The van der Waals surface area contributed by atoms with Gasteiger partial charge >= 0.3 is 0 Å². The van der Waals surface area contributed by atoms with E-state index in [9.17, 15) is 0 Å². The molecule has 0 saturated carbocycles. The topological polar surface area (TPSA) is 3.24 Å². The summed E-state index contributed by atoms with van der Waals surface area (Å²) in [4.78, 5) is 3.80. The van der Waals surface area contributed by atoms with Crippen molar-refractivity contribution in [2.45, 2.75) is 31.6 Å². The molecule has 0 atom stereocenters. The Hall–Kier alpha value is -5.57. The number of rotatable bonds is 8. The maximum Gasteiger partial charge on any atom is 0.0537 e. The average Bonchev–Trinajstić information content (AvgIpc) is 3.22. The number of thioether (sulfide) groups is 1. The van der Waals surface area contributed by atoms with Crippen molar-refractivity contribution in [2.24, 2.45) is 0 Å². The van der Waals surface area contributed by atoms with E-state index in [4.69, 9.17) is 0 Å². The van der Waals surface area contributed by atoms with Crippen molar-refractivity contribution in [1.82, 2.24) is 0 Å². The maximum absolute atomic E-state index is 2.52. The van der Waals surface area contributed by atoms with Crippen molar-refractivity contribution in [3.05, 3.63) is 193 Å². The van der Waals surface area contributed by atoms with Gasteiger partial charge in [0.2, 0.25) is 0 Å². The van der Waals surface area contributed by atoms with E-state index in [1.54, 1.807) is 11.8 Å². The van der Waals surface area contributed by atoms with E-state index < -0.39 is 0 Å². The first-order valence-corrected chi connectivity index (χ1v) is 19.2. The molecule has 7 aromatic rings. The monoisotopic (exact) mass is 677 g/mol. The molecule has 0 heterocycles. The summed E-state index contributed by atoms with van der Waals surface area (Å²) in [5, 5.41) is 2.49. The van der Waals surface area contributed by atoms with Crippen LogP contribution in [-0.2, 0) is 0 Å². The molecule has 1 aliphatic rings. The quantitative estimate of drug-likeness (QED) is 0.147. The Morgan fingerprint density at radius 2 is 1.02 bits per heavy atom. The van der Waals surface area contributed by atoms with Crippen LogP contribution >= 0.6 is 11.8 Å². The van der Waals surface area contributed by atoms with Crippen molar-refractivity contribution in [1.29, 1.82) is 0 Å². The van der Waals surface area contributed by atoms with Gasteiger partial charge in [-0.25, -0.2) is 0 Å². The lowest BCUT2D eigenvalue weighted by Crippen LogP contribution is -2.19. The Bertz CT molecular complexity index is 2320. The number of para-hydroxylation sites is 1. The van der Waals surface area contributed by atoms with Gasteiger partial charge in [0, 0.05) is 21.7 Å². The fraction of sp³-hybridized carbons (Fsp3) is 0.102. The molecule has 0 amide bonds. The molecule has 51 heavy (non-hydrogen) atoms. The maximum atomic E-state index is 2.52. The lowest BCUT2D eigenvalue weighted by Gasteiger charge is -2.33. The molecule has 0 unspecified atom stereocenters. The first-order chi connectivity index (χ1) is 25.3. The summed E-state index contributed by atoms with van der Waals surface area (Å²) in [6, 6.07) is 61.7. The summed E-state index contributed by atoms with van der Waals surface area (Å²) in [6.45, 7) is 4.00. The number of hydrogen-bond donors (Lipinski definition) is 0. The Kier molecular flexibility index (Phi) is 10.6. The van der Waals surface area contributed by atoms with Crippen LogP contribution in [0, 0.1) is 0 Å². The van der Waals surface area contributed by atoms with E-state index in [1.165, 1.54) is 77.3 Å². The summed E-state index contributed by atoms with van der Waals surface area (Å²) in [5.41, 5.74) is 13.6. The van der Waals surface area contributed by atoms with E-state index in [0.717, 1.165) is 12.8 Å². The standard InChI is InChI=1S/C47H37NS.C2H6/c1-49-47-23-13-11-21-43(47)40-28-31-46(44(33-40)39-25-24-35-16-8-9-19-38(35)32-39)48(41-29-26-36(27-30-41)34-14-4-2-5-15-34)45-22-12-10-20-42(45)37-17-6-3-7-18-37;1-2/h2-26,28-29,31-33H,27,30H2,1H3;1-2H3. The molecule has 1 nitrogen and oxygen atoms in total. The number of allylic oxidation sites excluding steroid dienone is 4. The molecule has 0 N–H and O–H groups in total. The molecule has 0 aliphatic heterocycles. The Balaban J connectivity index is 0.00000200. The molecule has 0 radical (unpaired) electrons. The van der Waals surface area contributed by atoms with Crippen LogP contribution in [0.25, 0.3) is 49.7 Å². The molecular weight excluding hydrogens is 635 g/mol. The van der Waals surface area contributed by atoms with Crippen LogP contribution in [0.4, 0.5) is 11.4 Å². The number of benzene rings is 7. The Morgan fingerprint density at radius 3 is 1.75 bits per heavy atom. The fourth-order valence-electron chi connectivity index (χ4n) is 7.04. The van der Waals surface area contributed by atoms with Crippen LogP contribution in [0.5, 0.6) is 0 Å². The van der Waals surface area contributed by atoms with Crippen LogP contribution < -0.4 is 4.90 Å². The molecule has 0 fully saturated rings. The van der Waals surface area contributed by atoms with Crippen molar-refractivity contribution >= 4 is 39.5 Å².